The second-order valence-corrected chi connectivity index (χ2v) is 6.89. The van der Waals surface area contributed by atoms with E-state index >= 15 is 0 Å². The molecule has 0 saturated carbocycles. The van der Waals surface area contributed by atoms with Crippen LogP contribution in [0.15, 0.2) is 24.3 Å². The second-order valence-electron chi connectivity index (χ2n) is 6.48. The summed E-state index contributed by atoms with van der Waals surface area (Å²) in [6.45, 7) is 9.25. The number of piperidine rings is 1. The van der Waals surface area contributed by atoms with Crippen LogP contribution < -0.4 is 10.2 Å². The molecule has 0 amide bonds. The second kappa shape index (κ2) is 6.99. The molecule has 2 aliphatic rings. The molecule has 21 heavy (non-hydrogen) atoms. The molecule has 1 aromatic rings. The number of hydrogen-bond acceptors (Lipinski definition) is 3. The zero-order chi connectivity index (χ0) is 14.7. The van der Waals surface area contributed by atoms with Crippen molar-refractivity contribution in [1.82, 2.24) is 10.2 Å². The molecule has 0 aromatic heterocycles. The van der Waals surface area contributed by atoms with Gasteiger partial charge in [0.05, 0.1) is 10.7 Å². The van der Waals surface area contributed by atoms with Gasteiger partial charge in [-0.3, -0.25) is 4.90 Å². The molecule has 0 spiro atoms. The molecule has 4 heteroatoms. The summed E-state index contributed by atoms with van der Waals surface area (Å²) in [6.07, 6.45) is 2.65. The number of para-hydroxylation sites is 1. The number of nitrogens with zero attached hydrogens (tertiary/aromatic N) is 2. The van der Waals surface area contributed by atoms with Crippen LogP contribution in [0.3, 0.4) is 0 Å². The molecule has 0 aliphatic carbocycles. The molecule has 1 N–H and O–H groups in total. The van der Waals surface area contributed by atoms with Gasteiger partial charge in [-0.1, -0.05) is 23.7 Å². The number of piperazine rings is 1. The van der Waals surface area contributed by atoms with Crippen molar-refractivity contribution >= 4 is 17.3 Å². The summed E-state index contributed by atoms with van der Waals surface area (Å²) in [4.78, 5) is 5.06. The first-order valence-corrected chi connectivity index (χ1v) is 8.55. The van der Waals surface area contributed by atoms with Gasteiger partial charge in [0, 0.05) is 38.8 Å². The third-order valence-corrected chi connectivity index (χ3v) is 5.13. The standard InChI is InChI=1S/C17H26ClN3/c1-14-12-15(6-7-19-14)13-20-8-10-21(11-9-20)17-5-3-2-4-16(17)18/h2-5,14-15,19H,6-13H2,1H3. The van der Waals surface area contributed by atoms with Crippen molar-refractivity contribution in [3.63, 3.8) is 0 Å². The number of benzene rings is 1. The number of rotatable bonds is 3. The summed E-state index contributed by atoms with van der Waals surface area (Å²) in [5.41, 5.74) is 1.19. The molecule has 116 valence electrons. The van der Waals surface area contributed by atoms with Gasteiger partial charge >= 0.3 is 0 Å². The van der Waals surface area contributed by atoms with Crippen LogP contribution in [0.5, 0.6) is 0 Å². The zero-order valence-electron chi connectivity index (χ0n) is 12.9. The molecule has 2 unspecified atom stereocenters. The molecule has 2 saturated heterocycles. The Morgan fingerprint density at radius 3 is 2.67 bits per heavy atom. The van der Waals surface area contributed by atoms with Gasteiger partial charge in [-0.15, -0.1) is 0 Å². The van der Waals surface area contributed by atoms with E-state index in [-0.39, 0.29) is 0 Å². The van der Waals surface area contributed by atoms with E-state index in [0.717, 1.165) is 37.1 Å². The first kappa shape index (κ1) is 15.1. The van der Waals surface area contributed by atoms with Gasteiger partial charge in [0.1, 0.15) is 0 Å². The lowest BCUT2D eigenvalue weighted by Crippen LogP contribution is -2.49. The van der Waals surface area contributed by atoms with E-state index in [4.69, 9.17) is 11.6 Å². The first-order chi connectivity index (χ1) is 10.2. The van der Waals surface area contributed by atoms with Crippen LogP contribution in [0.4, 0.5) is 5.69 Å². The van der Waals surface area contributed by atoms with E-state index in [1.54, 1.807) is 0 Å². The van der Waals surface area contributed by atoms with Crippen LogP contribution >= 0.6 is 11.6 Å². The van der Waals surface area contributed by atoms with E-state index in [1.165, 1.54) is 31.6 Å². The highest BCUT2D eigenvalue weighted by Gasteiger charge is 2.24. The Hall–Kier alpha value is -0.770. The van der Waals surface area contributed by atoms with E-state index in [0.29, 0.717) is 6.04 Å². The highest BCUT2D eigenvalue weighted by atomic mass is 35.5. The van der Waals surface area contributed by atoms with E-state index in [2.05, 4.69) is 34.2 Å². The van der Waals surface area contributed by atoms with Crippen molar-refractivity contribution in [3.05, 3.63) is 29.3 Å². The van der Waals surface area contributed by atoms with Gasteiger partial charge < -0.3 is 10.2 Å². The molecule has 3 nitrogen and oxygen atoms in total. The molecule has 0 radical (unpaired) electrons. The molecule has 0 bridgehead atoms. The van der Waals surface area contributed by atoms with Crippen molar-refractivity contribution in [2.24, 2.45) is 5.92 Å². The monoisotopic (exact) mass is 307 g/mol. The smallest absolute Gasteiger partial charge is 0.0639 e. The van der Waals surface area contributed by atoms with Gasteiger partial charge in [0.15, 0.2) is 0 Å². The van der Waals surface area contributed by atoms with Crippen molar-refractivity contribution in [1.29, 1.82) is 0 Å². The number of halogens is 1. The summed E-state index contributed by atoms with van der Waals surface area (Å²) in [6, 6.07) is 8.88. The third kappa shape index (κ3) is 3.91. The van der Waals surface area contributed by atoms with Crippen LogP contribution in [-0.4, -0.2) is 50.2 Å². The fourth-order valence-electron chi connectivity index (χ4n) is 3.65. The molecule has 2 fully saturated rings. The average Bonchev–Trinajstić information content (AvgIpc) is 2.49. The molecule has 3 rings (SSSR count). The number of hydrogen-bond donors (Lipinski definition) is 1. The maximum atomic E-state index is 6.30. The normalized spacial score (nSPS) is 27.8. The van der Waals surface area contributed by atoms with Crippen molar-refractivity contribution in [3.8, 4) is 0 Å². The van der Waals surface area contributed by atoms with Crippen molar-refractivity contribution in [2.45, 2.75) is 25.8 Å². The Bertz CT molecular complexity index is 457. The van der Waals surface area contributed by atoms with E-state index in [1.807, 2.05) is 12.1 Å². The zero-order valence-corrected chi connectivity index (χ0v) is 13.6. The Balaban J connectivity index is 1.50. The van der Waals surface area contributed by atoms with Crippen LogP contribution in [-0.2, 0) is 0 Å². The molecule has 2 atom stereocenters. The minimum atomic E-state index is 0.688. The van der Waals surface area contributed by atoms with Crippen molar-refractivity contribution in [2.75, 3.05) is 44.2 Å². The lowest BCUT2D eigenvalue weighted by atomic mass is 9.92. The number of nitrogens with one attached hydrogen (secondary N) is 1. The summed E-state index contributed by atoms with van der Waals surface area (Å²) >= 11 is 6.30. The van der Waals surface area contributed by atoms with Crippen LogP contribution in [0.2, 0.25) is 5.02 Å². The van der Waals surface area contributed by atoms with Gasteiger partial charge in [-0.05, 0) is 44.4 Å². The van der Waals surface area contributed by atoms with E-state index in [9.17, 15) is 0 Å². The highest BCUT2D eigenvalue weighted by molar-refractivity contribution is 6.33. The summed E-state index contributed by atoms with van der Waals surface area (Å²) in [5.74, 6) is 0.869. The van der Waals surface area contributed by atoms with Crippen molar-refractivity contribution < 1.29 is 0 Å². The SMILES string of the molecule is CC1CC(CN2CCN(c3ccccc3Cl)CC2)CCN1. The average molecular weight is 308 g/mol. The molecule has 2 heterocycles. The first-order valence-electron chi connectivity index (χ1n) is 8.17. The number of anilines is 1. The summed E-state index contributed by atoms with van der Waals surface area (Å²) in [5, 5.41) is 4.42. The van der Waals surface area contributed by atoms with Crippen LogP contribution in [0.25, 0.3) is 0 Å². The van der Waals surface area contributed by atoms with Crippen LogP contribution in [0.1, 0.15) is 19.8 Å². The molecular weight excluding hydrogens is 282 g/mol. The fraction of sp³-hybridized carbons (Fsp3) is 0.647. The molecule has 1 aromatic carbocycles. The maximum Gasteiger partial charge on any atom is 0.0639 e. The molecule has 2 aliphatic heterocycles. The molecular formula is C17H26ClN3. The lowest BCUT2D eigenvalue weighted by molar-refractivity contribution is 0.184. The van der Waals surface area contributed by atoms with Gasteiger partial charge in [0.2, 0.25) is 0 Å². The fourth-order valence-corrected chi connectivity index (χ4v) is 3.90. The Morgan fingerprint density at radius 2 is 1.95 bits per heavy atom. The van der Waals surface area contributed by atoms with Gasteiger partial charge in [-0.25, -0.2) is 0 Å². The summed E-state index contributed by atoms with van der Waals surface area (Å²) < 4.78 is 0. The summed E-state index contributed by atoms with van der Waals surface area (Å²) in [7, 11) is 0. The minimum absolute atomic E-state index is 0.688. The Morgan fingerprint density at radius 1 is 1.19 bits per heavy atom. The largest absolute Gasteiger partial charge is 0.368 e. The quantitative estimate of drug-likeness (QED) is 0.926. The van der Waals surface area contributed by atoms with Gasteiger partial charge in [-0.2, -0.15) is 0 Å². The van der Waals surface area contributed by atoms with Gasteiger partial charge in [0.25, 0.3) is 0 Å². The van der Waals surface area contributed by atoms with E-state index < -0.39 is 0 Å². The predicted octanol–water partition coefficient (Wildman–Crippen LogP) is 2.85. The predicted molar refractivity (Wildman–Crippen MR) is 90.3 cm³/mol. The Labute approximate surface area is 133 Å². The third-order valence-electron chi connectivity index (χ3n) is 4.81. The maximum absolute atomic E-state index is 6.30. The topological polar surface area (TPSA) is 18.5 Å². The lowest BCUT2D eigenvalue weighted by Gasteiger charge is -2.39. The van der Waals surface area contributed by atoms with Crippen LogP contribution in [0, 0.1) is 5.92 Å². The minimum Gasteiger partial charge on any atom is -0.368 e. The Kier molecular flexibility index (Phi) is 5.04. The highest BCUT2D eigenvalue weighted by Crippen LogP contribution is 2.26.